The molecule has 1 aromatic heterocycles. The predicted molar refractivity (Wildman–Crippen MR) is 67.3 cm³/mol. The molecule has 0 spiro atoms. The fourth-order valence-corrected chi connectivity index (χ4v) is 1.75. The predicted octanol–water partition coefficient (Wildman–Crippen LogP) is 2.49. The van der Waals surface area contributed by atoms with E-state index in [0.29, 0.717) is 18.1 Å². The Morgan fingerprint density at radius 3 is 2.62 bits per heavy atom. The molecule has 16 heavy (non-hydrogen) atoms. The van der Waals surface area contributed by atoms with Crippen molar-refractivity contribution in [1.29, 1.82) is 0 Å². The third-order valence-corrected chi connectivity index (χ3v) is 2.55. The van der Waals surface area contributed by atoms with Gasteiger partial charge in [0.05, 0.1) is 0 Å². The van der Waals surface area contributed by atoms with Crippen LogP contribution in [0, 0.1) is 0 Å². The zero-order valence-corrected chi connectivity index (χ0v) is 9.41. The summed E-state index contributed by atoms with van der Waals surface area (Å²) in [6, 6.07) is 11.3. The van der Waals surface area contributed by atoms with Gasteiger partial charge >= 0.3 is 0 Å². The van der Waals surface area contributed by atoms with Crippen LogP contribution in [-0.4, -0.2) is 4.98 Å². The van der Waals surface area contributed by atoms with Crippen LogP contribution < -0.4 is 11.5 Å². The first kappa shape index (κ1) is 10.8. The molecule has 3 nitrogen and oxygen atoms in total. The van der Waals surface area contributed by atoms with Gasteiger partial charge in [0, 0.05) is 11.4 Å². The number of nitrogens with two attached hydrogens (primary N) is 2. The Balaban J connectivity index is 2.27. The molecule has 1 aromatic carbocycles. The number of aromatic nitrogens is 1. The zero-order chi connectivity index (χ0) is 11.5. The molecule has 0 amide bonds. The van der Waals surface area contributed by atoms with E-state index in [2.05, 4.69) is 4.98 Å². The molecule has 0 aliphatic rings. The number of hydrogen-bond donors (Lipinski definition) is 2. The first-order chi connectivity index (χ1) is 7.65. The van der Waals surface area contributed by atoms with Gasteiger partial charge in [0.25, 0.3) is 0 Å². The normalized spacial score (nSPS) is 10.3. The minimum atomic E-state index is 0.437. The average Bonchev–Trinajstić information content (AvgIpc) is 2.22. The molecule has 0 saturated carbocycles. The lowest BCUT2D eigenvalue weighted by atomic mass is 10.1. The first-order valence-corrected chi connectivity index (χ1v) is 5.28. The molecule has 0 fully saturated rings. The van der Waals surface area contributed by atoms with Crippen LogP contribution in [0.25, 0.3) is 0 Å². The summed E-state index contributed by atoms with van der Waals surface area (Å²) in [7, 11) is 0. The minimum absolute atomic E-state index is 0.437. The summed E-state index contributed by atoms with van der Waals surface area (Å²) in [5.41, 5.74) is 13.4. The molecule has 4 heteroatoms. The highest BCUT2D eigenvalue weighted by Crippen LogP contribution is 2.18. The Morgan fingerprint density at radius 1 is 1.12 bits per heavy atom. The number of anilines is 2. The highest BCUT2D eigenvalue weighted by Gasteiger charge is 2.03. The van der Waals surface area contributed by atoms with Gasteiger partial charge in [-0.25, -0.2) is 4.98 Å². The fraction of sp³-hybridized carbons (Fsp3) is 0.0833. The van der Waals surface area contributed by atoms with Crippen LogP contribution in [0.2, 0.25) is 5.02 Å². The fourth-order valence-electron chi connectivity index (χ4n) is 1.54. The molecular weight excluding hydrogens is 222 g/mol. The van der Waals surface area contributed by atoms with Crippen LogP contribution in [0.15, 0.2) is 36.4 Å². The number of rotatable bonds is 2. The standard InChI is InChI=1S/C12H12ClN3/c13-10-3-1-2-8(7-10)6-9-4-5-11(14)16-12(9)15/h1-5,7H,6H2,(H4,14,15,16). The van der Waals surface area contributed by atoms with Crippen molar-refractivity contribution in [2.75, 3.05) is 11.5 Å². The maximum absolute atomic E-state index is 5.91. The Bertz CT molecular complexity index is 511. The van der Waals surface area contributed by atoms with E-state index < -0.39 is 0 Å². The average molecular weight is 234 g/mol. The molecule has 82 valence electrons. The summed E-state index contributed by atoms with van der Waals surface area (Å²) in [6.07, 6.45) is 0.708. The monoisotopic (exact) mass is 233 g/mol. The first-order valence-electron chi connectivity index (χ1n) is 4.90. The Labute approximate surface area is 99.1 Å². The number of pyridine rings is 1. The number of halogens is 1. The van der Waals surface area contributed by atoms with E-state index in [9.17, 15) is 0 Å². The summed E-state index contributed by atoms with van der Waals surface area (Å²) >= 11 is 5.91. The van der Waals surface area contributed by atoms with Gasteiger partial charge in [0.15, 0.2) is 0 Å². The second-order valence-corrected chi connectivity index (χ2v) is 4.02. The van der Waals surface area contributed by atoms with Gasteiger partial charge in [0.2, 0.25) is 0 Å². The molecule has 0 radical (unpaired) electrons. The van der Waals surface area contributed by atoms with Gasteiger partial charge in [-0.05, 0) is 29.3 Å². The topological polar surface area (TPSA) is 64.9 Å². The highest BCUT2D eigenvalue weighted by molar-refractivity contribution is 6.30. The molecule has 4 N–H and O–H groups in total. The van der Waals surface area contributed by atoms with Gasteiger partial charge in [-0.1, -0.05) is 29.8 Å². The molecule has 1 heterocycles. The summed E-state index contributed by atoms with van der Waals surface area (Å²) < 4.78 is 0. The molecule has 2 rings (SSSR count). The van der Waals surface area contributed by atoms with E-state index >= 15 is 0 Å². The quantitative estimate of drug-likeness (QED) is 0.838. The summed E-state index contributed by atoms with van der Waals surface area (Å²) in [5.74, 6) is 0.910. The second kappa shape index (κ2) is 4.41. The Kier molecular flexibility index (Phi) is 2.97. The molecule has 0 bridgehead atoms. The number of nitrogen functional groups attached to an aromatic ring is 2. The molecule has 0 aliphatic carbocycles. The Morgan fingerprint density at radius 2 is 1.94 bits per heavy atom. The summed E-state index contributed by atoms with van der Waals surface area (Å²) in [4.78, 5) is 4.01. The van der Waals surface area contributed by atoms with E-state index in [-0.39, 0.29) is 0 Å². The van der Waals surface area contributed by atoms with Gasteiger partial charge in [-0.2, -0.15) is 0 Å². The van der Waals surface area contributed by atoms with Crippen LogP contribution in [0.3, 0.4) is 0 Å². The molecule has 2 aromatic rings. The van der Waals surface area contributed by atoms with Crippen LogP contribution in [-0.2, 0) is 6.42 Å². The van der Waals surface area contributed by atoms with Gasteiger partial charge < -0.3 is 11.5 Å². The van der Waals surface area contributed by atoms with Crippen molar-refractivity contribution >= 4 is 23.2 Å². The SMILES string of the molecule is Nc1ccc(Cc2cccc(Cl)c2)c(N)n1. The van der Waals surface area contributed by atoms with E-state index in [1.165, 1.54) is 0 Å². The lowest BCUT2D eigenvalue weighted by Gasteiger charge is -2.06. The van der Waals surface area contributed by atoms with E-state index in [0.717, 1.165) is 16.1 Å². The van der Waals surface area contributed by atoms with Crippen LogP contribution in [0.1, 0.15) is 11.1 Å². The van der Waals surface area contributed by atoms with Gasteiger partial charge in [-0.3, -0.25) is 0 Å². The number of hydrogen-bond acceptors (Lipinski definition) is 3. The summed E-state index contributed by atoms with van der Waals surface area (Å²) in [6.45, 7) is 0. The van der Waals surface area contributed by atoms with E-state index in [1.807, 2.05) is 30.3 Å². The van der Waals surface area contributed by atoms with Crippen LogP contribution >= 0.6 is 11.6 Å². The summed E-state index contributed by atoms with van der Waals surface area (Å²) in [5, 5.41) is 0.722. The van der Waals surface area contributed by atoms with Crippen molar-refractivity contribution < 1.29 is 0 Å². The Hall–Kier alpha value is -1.74. The van der Waals surface area contributed by atoms with Crippen molar-refractivity contribution in [1.82, 2.24) is 4.98 Å². The van der Waals surface area contributed by atoms with Crippen LogP contribution in [0.5, 0.6) is 0 Å². The molecule has 0 saturated heterocycles. The van der Waals surface area contributed by atoms with Crippen molar-refractivity contribution in [2.24, 2.45) is 0 Å². The van der Waals surface area contributed by atoms with Gasteiger partial charge in [0.1, 0.15) is 11.6 Å². The molecular formula is C12H12ClN3. The van der Waals surface area contributed by atoms with Crippen molar-refractivity contribution in [3.05, 3.63) is 52.5 Å². The third kappa shape index (κ3) is 2.44. The van der Waals surface area contributed by atoms with E-state index in [1.54, 1.807) is 6.07 Å². The van der Waals surface area contributed by atoms with Crippen molar-refractivity contribution in [3.63, 3.8) is 0 Å². The number of nitrogens with zero attached hydrogens (tertiary/aromatic N) is 1. The molecule has 0 unspecified atom stereocenters. The third-order valence-electron chi connectivity index (χ3n) is 2.32. The number of benzene rings is 1. The van der Waals surface area contributed by atoms with Crippen molar-refractivity contribution in [2.45, 2.75) is 6.42 Å². The van der Waals surface area contributed by atoms with Crippen LogP contribution in [0.4, 0.5) is 11.6 Å². The molecule has 0 aliphatic heterocycles. The zero-order valence-electron chi connectivity index (χ0n) is 8.65. The second-order valence-electron chi connectivity index (χ2n) is 3.59. The maximum Gasteiger partial charge on any atom is 0.129 e. The minimum Gasteiger partial charge on any atom is -0.384 e. The van der Waals surface area contributed by atoms with E-state index in [4.69, 9.17) is 23.1 Å². The smallest absolute Gasteiger partial charge is 0.129 e. The highest BCUT2D eigenvalue weighted by atomic mass is 35.5. The maximum atomic E-state index is 5.91. The largest absolute Gasteiger partial charge is 0.384 e. The molecule has 0 atom stereocenters. The van der Waals surface area contributed by atoms with Gasteiger partial charge in [-0.15, -0.1) is 0 Å². The van der Waals surface area contributed by atoms with Crippen molar-refractivity contribution in [3.8, 4) is 0 Å². The lowest BCUT2D eigenvalue weighted by Crippen LogP contribution is -2.01. The lowest BCUT2D eigenvalue weighted by molar-refractivity contribution is 1.16.